The molecule has 146 valence electrons. The molecule has 1 saturated heterocycles. The predicted octanol–water partition coefficient (Wildman–Crippen LogP) is 1.89. The van der Waals surface area contributed by atoms with Gasteiger partial charge in [-0.3, -0.25) is 14.6 Å². The van der Waals surface area contributed by atoms with Gasteiger partial charge in [0.15, 0.2) is 0 Å². The van der Waals surface area contributed by atoms with Crippen molar-refractivity contribution in [1.29, 1.82) is 0 Å². The van der Waals surface area contributed by atoms with Gasteiger partial charge in [0.2, 0.25) is 10.0 Å². The number of carbonyl (C=O) groups is 1. The summed E-state index contributed by atoms with van der Waals surface area (Å²) in [7, 11) is -3.70. The van der Waals surface area contributed by atoms with Crippen molar-refractivity contribution in [3.63, 3.8) is 0 Å². The number of halogens is 1. The number of fused-ring (bicyclic) bond motifs is 1. The van der Waals surface area contributed by atoms with E-state index in [1.165, 1.54) is 22.6 Å². The van der Waals surface area contributed by atoms with Crippen LogP contribution in [0.5, 0.6) is 0 Å². The molecule has 3 heterocycles. The van der Waals surface area contributed by atoms with Gasteiger partial charge in [0.05, 0.1) is 20.7 Å². The highest BCUT2D eigenvalue weighted by molar-refractivity contribution is 9.10. The maximum absolute atomic E-state index is 13.0. The molecule has 1 aliphatic rings. The van der Waals surface area contributed by atoms with Crippen LogP contribution in [0.3, 0.4) is 0 Å². The molecular formula is C17H15BrN4O4S2. The second-order valence-corrected chi connectivity index (χ2v) is 10.1. The summed E-state index contributed by atoms with van der Waals surface area (Å²) in [4.78, 5) is 32.2. The average Bonchev–Trinajstić information content (AvgIpc) is 3.06. The van der Waals surface area contributed by atoms with Crippen LogP contribution < -0.4 is 4.87 Å². The number of nitrogens with zero attached hydrogens (tertiary/aromatic N) is 3. The van der Waals surface area contributed by atoms with E-state index in [1.807, 2.05) is 0 Å². The average molecular weight is 483 g/mol. The fourth-order valence-corrected chi connectivity index (χ4v) is 5.74. The first-order valence-electron chi connectivity index (χ1n) is 8.37. The van der Waals surface area contributed by atoms with Gasteiger partial charge in [-0.15, -0.1) is 0 Å². The molecule has 8 nitrogen and oxygen atoms in total. The van der Waals surface area contributed by atoms with Gasteiger partial charge in [-0.2, -0.15) is 4.31 Å². The molecule has 11 heteroatoms. The number of aromatic amines is 1. The highest BCUT2D eigenvalue weighted by atomic mass is 79.9. The minimum Gasteiger partial charge on any atom is -0.336 e. The number of carbonyl (C=O) groups excluding carboxylic acids is 1. The van der Waals surface area contributed by atoms with Crippen molar-refractivity contribution in [3.05, 3.63) is 56.4 Å². The number of pyridine rings is 1. The predicted molar refractivity (Wildman–Crippen MR) is 109 cm³/mol. The normalized spacial score (nSPS) is 15.8. The Labute approximate surface area is 173 Å². The second-order valence-electron chi connectivity index (χ2n) is 6.26. The monoisotopic (exact) mass is 482 g/mol. The molecule has 3 aromatic rings. The Balaban J connectivity index is 1.50. The minimum atomic E-state index is -3.70. The summed E-state index contributed by atoms with van der Waals surface area (Å²) in [6.45, 7) is 1.00. The lowest BCUT2D eigenvalue weighted by Crippen LogP contribution is -2.50. The number of nitrogens with one attached hydrogen (secondary N) is 1. The zero-order valence-electron chi connectivity index (χ0n) is 14.5. The zero-order valence-corrected chi connectivity index (χ0v) is 17.7. The van der Waals surface area contributed by atoms with Crippen LogP contribution in [-0.2, 0) is 10.0 Å². The first-order chi connectivity index (χ1) is 13.3. The minimum absolute atomic E-state index is 0.145. The van der Waals surface area contributed by atoms with Gasteiger partial charge in [0, 0.05) is 43.0 Å². The van der Waals surface area contributed by atoms with E-state index in [0.717, 1.165) is 11.3 Å². The molecule has 0 radical (unpaired) electrons. The third kappa shape index (κ3) is 3.62. The SMILES string of the molecule is O=C(c1cncc(Br)c1)N1CCN(S(=O)(=O)c2ccc3[nH]c(=O)sc3c2)CC1. The first-order valence-corrected chi connectivity index (χ1v) is 11.4. The van der Waals surface area contributed by atoms with Gasteiger partial charge in [0.1, 0.15) is 0 Å². The van der Waals surface area contributed by atoms with E-state index in [0.29, 0.717) is 33.3 Å². The Kier molecular flexibility index (Phi) is 5.08. The number of rotatable bonds is 3. The van der Waals surface area contributed by atoms with Crippen LogP contribution in [0.1, 0.15) is 10.4 Å². The van der Waals surface area contributed by atoms with Gasteiger partial charge < -0.3 is 9.88 Å². The van der Waals surface area contributed by atoms with Gasteiger partial charge in [-0.25, -0.2) is 8.42 Å². The fourth-order valence-electron chi connectivity index (χ4n) is 3.08. The maximum Gasteiger partial charge on any atom is 0.305 e. The van der Waals surface area contributed by atoms with Crippen molar-refractivity contribution < 1.29 is 13.2 Å². The molecule has 1 amide bonds. The molecule has 1 aliphatic heterocycles. The van der Waals surface area contributed by atoms with Gasteiger partial charge in [-0.05, 0) is 40.2 Å². The number of sulfonamides is 1. The fraction of sp³-hybridized carbons (Fsp3) is 0.235. The molecular weight excluding hydrogens is 468 g/mol. The molecule has 0 unspecified atom stereocenters. The molecule has 1 aromatic carbocycles. The number of thiazole rings is 1. The zero-order chi connectivity index (χ0) is 19.9. The van der Waals surface area contributed by atoms with Gasteiger partial charge in [0.25, 0.3) is 5.91 Å². The Hall–Kier alpha value is -2.08. The topological polar surface area (TPSA) is 103 Å². The van der Waals surface area contributed by atoms with E-state index in [-0.39, 0.29) is 28.8 Å². The van der Waals surface area contributed by atoms with Gasteiger partial charge >= 0.3 is 4.87 Å². The Bertz CT molecular complexity index is 1210. The second kappa shape index (κ2) is 7.39. The molecule has 2 aromatic heterocycles. The van der Waals surface area contributed by atoms with E-state index in [9.17, 15) is 18.0 Å². The summed E-state index contributed by atoms with van der Waals surface area (Å²) in [6, 6.07) is 6.29. The Morgan fingerprint density at radius 2 is 1.89 bits per heavy atom. The number of hydrogen-bond donors (Lipinski definition) is 1. The van der Waals surface area contributed by atoms with Crippen LogP contribution >= 0.6 is 27.3 Å². The van der Waals surface area contributed by atoms with E-state index < -0.39 is 10.0 Å². The number of H-pyrrole nitrogens is 1. The van der Waals surface area contributed by atoms with E-state index in [2.05, 4.69) is 25.9 Å². The third-order valence-corrected chi connectivity index (χ3v) is 7.68. The van der Waals surface area contributed by atoms with Crippen LogP contribution in [-0.4, -0.2) is 59.7 Å². The summed E-state index contributed by atoms with van der Waals surface area (Å²) in [5.41, 5.74) is 1.07. The quantitative estimate of drug-likeness (QED) is 0.613. The lowest BCUT2D eigenvalue weighted by Gasteiger charge is -2.34. The molecule has 4 rings (SSSR count). The van der Waals surface area contributed by atoms with Crippen LogP contribution in [0.4, 0.5) is 0 Å². The highest BCUT2D eigenvalue weighted by Crippen LogP contribution is 2.23. The molecule has 0 aliphatic carbocycles. The molecule has 1 N–H and O–H groups in total. The maximum atomic E-state index is 13.0. The standard InChI is InChI=1S/C17H15BrN4O4S2/c18-12-7-11(9-19-10-12)16(23)21-3-5-22(6-4-21)28(25,26)13-1-2-14-15(8-13)27-17(24)20-14/h1-2,7-10H,3-6H2,(H,20,24). The van der Waals surface area contributed by atoms with E-state index >= 15 is 0 Å². The van der Waals surface area contributed by atoms with Crippen molar-refractivity contribution in [3.8, 4) is 0 Å². The van der Waals surface area contributed by atoms with Crippen LogP contribution in [0.2, 0.25) is 0 Å². The van der Waals surface area contributed by atoms with Crippen LogP contribution in [0.15, 0.2) is 50.8 Å². The lowest BCUT2D eigenvalue weighted by molar-refractivity contribution is 0.0697. The summed E-state index contributed by atoms with van der Waals surface area (Å²) in [5.74, 6) is -0.177. The highest BCUT2D eigenvalue weighted by Gasteiger charge is 2.30. The van der Waals surface area contributed by atoms with E-state index in [4.69, 9.17) is 0 Å². The Morgan fingerprint density at radius 1 is 1.14 bits per heavy atom. The molecule has 0 spiro atoms. The Morgan fingerprint density at radius 3 is 2.61 bits per heavy atom. The van der Waals surface area contributed by atoms with Crippen molar-refractivity contribution in [2.75, 3.05) is 26.2 Å². The lowest BCUT2D eigenvalue weighted by atomic mass is 10.2. The molecule has 0 atom stereocenters. The number of amides is 1. The summed E-state index contributed by atoms with van der Waals surface area (Å²) in [5, 5.41) is 0. The van der Waals surface area contributed by atoms with Crippen LogP contribution in [0, 0.1) is 0 Å². The number of piperazine rings is 1. The molecule has 0 saturated carbocycles. The van der Waals surface area contributed by atoms with Crippen molar-refractivity contribution in [2.24, 2.45) is 0 Å². The van der Waals surface area contributed by atoms with Crippen molar-refractivity contribution in [1.82, 2.24) is 19.2 Å². The first kappa shape index (κ1) is 19.2. The summed E-state index contributed by atoms with van der Waals surface area (Å²) in [6.07, 6.45) is 3.09. The van der Waals surface area contributed by atoms with Gasteiger partial charge in [-0.1, -0.05) is 11.3 Å². The van der Waals surface area contributed by atoms with Crippen molar-refractivity contribution >= 4 is 53.4 Å². The third-order valence-electron chi connectivity index (χ3n) is 4.51. The molecule has 1 fully saturated rings. The number of benzene rings is 1. The number of aromatic nitrogens is 2. The molecule has 0 bridgehead atoms. The summed E-state index contributed by atoms with van der Waals surface area (Å²) < 4.78 is 28.6. The van der Waals surface area contributed by atoms with E-state index in [1.54, 1.807) is 23.2 Å². The molecule has 28 heavy (non-hydrogen) atoms. The number of hydrogen-bond acceptors (Lipinski definition) is 6. The smallest absolute Gasteiger partial charge is 0.305 e. The van der Waals surface area contributed by atoms with Crippen molar-refractivity contribution in [2.45, 2.75) is 4.90 Å². The largest absolute Gasteiger partial charge is 0.336 e. The summed E-state index contributed by atoms with van der Waals surface area (Å²) >= 11 is 4.27. The van der Waals surface area contributed by atoms with Crippen LogP contribution in [0.25, 0.3) is 10.2 Å².